The third-order valence-corrected chi connectivity index (χ3v) is 2.87. The summed E-state index contributed by atoms with van der Waals surface area (Å²) in [6, 6.07) is 7.80. The Hall–Kier alpha value is -1.07. The maximum absolute atomic E-state index is 11.7. The van der Waals surface area contributed by atoms with Crippen LogP contribution in [0.15, 0.2) is 28.7 Å². The maximum atomic E-state index is 11.7. The Labute approximate surface area is 122 Å². The second kappa shape index (κ2) is 6.91. The van der Waals surface area contributed by atoms with Gasteiger partial charge in [0.05, 0.1) is 0 Å². The van der Waals surface area contributed by atoms with Crippen molar-refractivity contribution in [3.05, 3.63) is 34.3 Å². The lowest BCUT2D eigenvalue weighted by Crippen LogP contribution is -2.44. The van der Waals surface area contributed by atoms with E-state index >= 15 is 0 Å². The van der Waals surface area contributed by atoms with Crippen LogP contribution in [0.4, 0.5) is 4.79 Å². The highest BCUT2D eigenvalue weighted by molar-refractivity contribution is 9.10. The first kappa shape index (κ1) is 16.0. The molecule has 0 saturated heterocycles. The molecule has 0 saturated carbocycles. The molecule has 0 bridgehead atoms. The molecule has 0 unspecified atom stereocenters. The number of nitrogens with one attached hydrogen (secondary N) is 1. The lowest BCUT2D eigenvalue weighted by atomic mass is 10.1. The summed E-state index contributed by atoms with van der Waals surface area (Å²) in [7, 11) is 0. The Morgan fingerprint density at radius 2 is 2.16 bits per heavy atom. The minimum atomic E-state index is -0.501. The summed E-state index contributed by atoms with van der Waals surface area (Å²) in [5.41, 5.74) is 6.30. The molecule has 0 spiro atoms. The van der Waals surface area contributed by atoms with E-state index < -0.39 is 11.7 Å². The van der Waals surface area contributed by atoms with E-state index in [-0.39, 0.29) is 6.04 Å². The highest BCUT2D eigenvalue weighted by atomic mass is 79.9. The number of halogens is 1. The van der Waals surface area contributed by atoms with Crippen molar-refractivity contribution in [2.75, 3.05) is 6.54 Å². The summed E-state index contributed by atoms with van der Waals surface area (Å²) in [5, 5.41) is 2.79. The van der Waals surface area contributed by atoms with E-state index in [1.807, 2.05) is 45.0 Å². The molecular formula is C14H21BrN2O2. The van der Waals surface area contributed by atoms with Crippen LogP contribution in [0.3, 0.4) is 0 Å². The summed E-state index contributed by atoms with van der Waals surface area (Å²) < 4.78 is 6.23. The van der Waals surface area contributed by atoms with Crippen LogP contribution in [-0.4, -0.2) is 24.3 Å². The number of nitrogens with two attached hydrogens (primary N) is 1. The van der Waals surface area contributed by atoms with Crippen molar-refractivity contribution in [2.45, 2.75) is 38.8 Å². The van der Waals surface area contributed by atoms with E-state index in [1.165, 1.54) is 0 Å². The minimum absolute atomic E-state index is 0.135. The largest absolute Gasteiger partial charge is 0.444 e. The quantitative estimate of drug-likeness (QED) is 0.893. The average Bonchev–Trinajstić information content (AvgIpc) is 2.25. The predicted octanol–water partition coefficient (Wildman–Crippen LogP) is 2.84. The van der Waals surface area contributed by atoms with E-state index in [4.69, 9.17) is 10.5 Å². The fraction of sp³-hybridized carbons (Fsp3) is 0.500. The first-order chi connectivity index (χ1) is 8.80. The molecule has 3 N–H and O–H groups in total. The lowest BCUT2D eigenvalue weighted by molar-refractivity contribution is 0.0506. The second-order valence-electron chi connectivity index (χ2n) is 5.41. The van der Waals surface area contributed by atoms with Gasteiger partial charge in [0.2, 0.25) is 0 Å². The monoisotopic (exact) mass is 328 g/mol. The fourth-order valence-electron chi connectivity index (χ4n) is 1.62. The van der Waals surface area contributed by atoms with Gasteiger partial charge in [-0.05, 0) is 44.9 Å². The summed E-state index contributed by atoms with van der Waals surface area (Å²) in [5.74, 6) is 0. The minimum Gasteiger partial charge on any atom is -0.444 e. The second-order valence-corrected chi connectivity index (χ2v) is 6.33. The summed E-state index contributed by atoms with van der Waals surface area (Å²) in [4.78, 5) is 11.7. The third kappa shape index (κ3) is 6.59. The maximum Gasteiger partial charge on any atom is 0.407 e. The van der Waals surface area contributed by atoms with Gasteiger partial charge in [-0.1, -0.05) is 28.1 Å². The normalized spacial score (nSPS) is 12.9. The number of carbonyl (C=O) groups excluding carboxylic acids is 1. The van der Waals surface area contributed by atoms with Gasteiger partial charge in [0.15, 0.2) is 0 Å². The number of hydrogen-bond acceptors (Lipinski definition) is 3. The molecule has 0 heterocycles. The van der Waals surface area contributed by atoms with Crippen molar-refractivity contribution < 1.29 is 9.53 Å². The Bertz CT molecular complexity index is 430. The third-order valence-electron chi connectivity index (χ3n) is 2.38. The number of hydrogen-bond donors (Lipinski definition) is 2. The molecule has 1 amide bonds. The molecule has 106 valence electrons. The Morgan fingerprint density at radius 1 is 1.47 bits per heavy atom. The lowest BCUT2D eigenvalue weighted by Gasteiger charge is -2.23. The van der Waals surface area contributed by atoms with E-state index in [2.05, 4.69) is 21.2 Å². The molecular weight excluding hydrogens is 308 g/mol. The van der Waals surface area contributed by atoms with Gasteiger partial charge < -0.3 is 15.8 Å². The molecule has 19 heavy (non-hydrogen) atoms. The van der Waals surface area contributed by atoms with Crippen molar-refractivity contribution in [1.29, 1.82) is 0 Å². The molecule has 0 aliphatic heterocycles. The summed E-state index contributed by atoms with van der Waals surface area (Å²) in [6.45, 7) is 5.86. The molecule has 0 aliphatic rings. The van der Waals surface area contributed by atoms with Crippen LogP contribution in [0.1, 0.15) is 26.3 Å². The van der Waals surface area contributed by atoms with Crippen molar-refractivity contribution in [2.24, 2.45) is 5.73 Å². The molecule has 0 fully saturated rings. The number of ether oxygens (including phenoxy) is 1. The Balaban J connectivity index is 2.57. The molecule has 0 radical (unpaired) electrons. The Kier molecular flexibility index (Phi) is 5.82. The van der Waals surface area contributed by atoms with Gasteiger partial charge in [0.1, 0.15) is 5.60 Å². The first-order valence-electron chi connectivity index (χ1n) is 6.24. The van der Waals surface area contributed by atoms with Crippen LogP contribution in [0.2, 0.25) is 0 Å². The molecule has 1 rings (SSSR count). The first-order valence-corrected chi connectivity index (χ1v) is 7.03. The van der Waals surface area contributed by atoms with Gasteiger partial charge in [0, 0.05) is 17.1 Å². The van der Waals surface area contributed by atoms with Crippen molar-refractivity contribution >= 4 is 22.0 Å². The van der Waals surface area contributed by atoms with Gasteiger partial charge in [0.25, 0.3) is 0 Å². The standard InChI is InChI=1S/C14H21BrN2O2/c1-14(2,3)19-13(18)17-12(9-16)8-10-5-4-6-11(15)7-10/h4-7,12H,8-9,16H2,1-3H3,(H,17,18)/t12-/m0/s1. The zero-order valence-electron chi connectivity index (χ0n) is 11.6. The van der Waals surface area contributed by atoms with Gasteiger partial charge in [-0.3, -0.25) is 0 Å². The van der Waals surface area contributed by atoms with Crippen LogP contribution in [-0.2, 0) is 11.2 Å². The topological polar surface area (TPSA) is 64.3 Å². The van der Waals surface area contributed by atoms with Crippen LogP contribution in [0, 0.1) is 0 Å². The van der Waals surface area contributed by atoms with E-state index in [1.54, 1.807) is 0 Å². The van der Waals surface area contributed by atoms with Crippen LogP contribution in [0.25, 0.3) is 0 Å². The van der Waals surface area contributed by atoms with Crippen LogP contribution < -0.4 is 11.1 Å². The van der Waals surface area contributed by atoms with E-state index in [0.29, 0.717) is 13.0 Å². The SMILES string of the molecule is CC(C)(C)OC(=O)N[C@H](CN)Cc1cccc(Br)c1. The molecule has 1 atom stereocenters. The van der Waals surface area contributed by atoms with Crippen LogP contribution in [0.5, 0.6) is 0 Å². The number of alkyl carbamates (subject to hydrolysis) is 1. The van der Waals surface area contributed by atoms with Crippen molar-refractivity contribution in [1.82, 2.24) is 5.32 Å². The molecule has 1 aromatic carbocycles. The Morgan fingerprint density at radius 3 is 2.68 bits per heavy atom. The number of rotatable bonds is 4. The molecule has 0 aliphatic carbocycles. The predicted molar refractivity (Wildman–Crippen MR) is 80.1 cm³/mol. The summed E-state index contributed by atoms with van der Waals surface area (Å²) in [6.07, 6.45) is 0.243. The van der Waals surface area contributed by atoms with E-state index in [0.717, 1.165) is 10.0 Å². The van der Waals surface area contributed by atoms with Crippen molar-refractivity contribution in [3.63, 3.8) is 0 Å². The molecule has 0 aromatic heterocycles. The van der Waals surface area contributed by atoms with Gasteiger partial charge >= 0.3 is 6.09 Å². The molecule has 4 nitrogen and oxygen atoms in total. The summed E-state index contributed by atoms with van der Waals surface area (Å²) >= 11 is 3.42. The highest BCUT2D eigenvalue weighted by Crippen LogP contribution is 2.13. The zero-order valence-corrected chi connectivity index (χ0v) is 13.2. The average molecular weight is 329 g/mol. The number of amides is 1. The van der Waals surface area contributed by atoms with E-state index in [9.17, 15) is 4.79 Å². The number of carbonyl (C=O) groups is 1. The number of benzene rings is 1. The van der Waals surface area contributed by atoms with Gasteiger partial charge in [-0.25, -0.2) is 4.79 Å². The molecule has 1 aromatic rings. The fourth-order valence-corrected chi connectivity index (χ4v) is 2.06. The highest BCUT2D eigenvalue weighted by Gasteiger charge is 2.19. The smallest absolute Gasteiger partial charge is 0.407 e. The van der Waals surface area contributed by atoms with Crippen molar-refractivity contribution in [3.8, 4) is 0 Å². The molecule has 5 heteroatoms. The van der Waals surface area contributed by atoms with Gasteiger partial charge in [-0.2, -0.15) is 0 Å². The van der Waals surface area contributed by atoms with Crippen LogP contribution >= 0.6 is 15.9 Å². The van der Waals surface area contributed by atoms with Gasteiger partial charge in [-0.15, -0.1) is 0 Å². The zero-order chi connectivity index (χ0) is 14.5.